The topological polar surface area (TPSA) is 55.9 Å². The number of fused-ring (bicyclic) bond motifs is 1. The summed E-state index contributed by atoms with van der Waals surface area (Å²) in [5.74, 6) is 0. The van der Waals surface area contributed by atoms with Gasteiger partial charge in [0.05, 0.1) is 16.7 Å². The first-order valence-corrected chi connectivity index (χ1v) is 6.46. The van der Waals surface area contributed by atoms with Crippen molar-refractivity contribution in [1.29, 1.82) is 0 Å². The van der Waals surface area contributed by atoms with Gasteiger partial charge in [0, 0.05) is 6.54 Å². The van der Waals surface area contributed by atoms with Crippen LogP contribution in [0.5, 0.6) is 0 Å². The van der Waals surface area contributed by atoms with Gasteiger partial charge >= 0.3 is 6.01 Å². The van der Waals surface area contributed by atoms with Gasteiger partial charge in [-0.3, -0.25) is 4.57 Å². The van der Waals surface area contributed by atoms with Gasteiger partial charge in [-0.2, -0.15) is 4.98 Å². The highest BCUT2D eigenvalue weighted by Gasteiger charge is 2.09. The van der Waals surface area contributed by atoms with Crippen LogP contribution in [0.25, 0.3) is 17.0 Å². The highest BCUT2D eigenvalue weighted by molar-refractivity contribution is 5.76. The van der Waals surface area contributed by atoms with Crippen molar-refractivity contribution in [3.05, 3.63) is 42.5 Å². The predicted octanol–water partition coefficient (Wildman–Crippen LogP) is 2.51. The van der Waals surface area contributed by atoms with Crippen molar-refractivity contribution < 1.29 is 4.42 Å². The molecule has 0 spiro atoms. The summed E-state index contributed by atoms with van der Waals surface area (Å²) in [4.78, 5) is 8.80. The van der Waals surface area contributed by atoms with E-state index in [1.165, 1.54) is 0 Å². The van der Waals surface area contributed by atoms with E-state index in [4.69, 9.17) is 4.42 Å². The molecule has 0 bridgehead atoms. The monoisotopic (exact) mass is 256 g/mol. The third kappa shape index (κ3) is 2.37. The van der Waals surface area contributed by atoms with Crippen LogP contribution >= 0.6 is 0 Å². The molecule has 0 radical (unpaired) electrons. The zero-order valence-corrected chi connectivity index (χ0v) is 10.8. The Labute approximate surface area is 111 Å². The first-order valence-electron chi connectivity index (χ1n) is 6.46. The standard InChI is InChI=1S/C14H16N4O/c1-2-7-15-8-11-9-19-14(17-11)18-10-16-12-5-3-4-6-13(12)18/h3-6,9-10,15H,2,7-8H2,1H3. The van der Waals surface area contributed by atoms with Gasteiger partial charge in [-0.05, 0) is 25.1 Å². The molecule has 98 valence electrons. The number of oxazole rings is 1. The highest BCUT2D eigenvalue weighted by atomic mass is 16.4. The fraction of sp³-hybridized carbons (Fsp3) is 0.286. The van der Waals surface area contributed by atoms with E-state index in [2.05, 4.69) is 22.2 Å². The fourth-order valence-corrected chi connectivity index (χ4v) is 1.99. The van der Waals surface area contributed by atoms with Crippen LogP contribution in [0, 0.1) is 0 Å². The number of rotatable bonds is 5. The summed E-state index contributed by atoms with van der Waals surface area (Å²) in [7, 11) is 0. The maximum absolute atomic E-state index is 5.52. The molecule has 0 aliphatic heterocycles. The summed E-state index contributed by atoms with van der Waals surface area (Å²) in [5, 5.41) is 3.30. The van der Waals surface area contributed by atoms with E-state index in [0.717, 1.165) is 36.2 Å². The van der Waals surface area contributed by atoms with Crippen molar-refractivity contribution >= 4 is 11.0 Å². The second-order valence-corrected chi connectivity index (χ2v) is 4.40. The number of imidazole rings is 1. The molecule has 0 fully saturated rings. The van der Waals surface area contributed by atoms with Crippen LogP contribution in [-0.4, -0.2) is 21.1 Å². The van der Waals surface area contributed by atoms with Crippen molar-refractivity contribution in [3.63, 3.8) is 0 Å². The van der Waals surface area contributed by atoms with Gasteiger partial charge in [0.2, 0.25) is 0 Å². The van der Waals surface area contributed by atoms with E-state index < -0.39 is 0 Å². The summed E-state index contributed by atoms with van der Waals surface area (Å²) in [6.07, 6.45) is 4.53. The van der Waals surface area contributed by atoms with Gasteiger partial charge in [-0.1, -0.05) is 19.1 Å². The zero-order chi connectivity index (χ0) is 13.1. The van der Waals surface area contributed by atoms with Crippen LogP contribution in [0.15, 0.2) is 41.3 Å². The molecular weight excluding hydrogens is 240 g/mol. The largest absolute Gasteiger partial charge is 0.431 e. The fourth-order valence-electron chi connectivity index (χ4n) is 1.99. The molecule has 5 heteroatoms. The van der Waals surface area contributed by atoms with Gasteiger partial charge in [0.1, 0.15) is 12.6 Å². The average Bonchev–Trinajstić information content (AvgIpc) is 3.05. The first-order chi connectivity index (χ1) is 9.38. The molecular formula is C14H16N4O. The molecule has 3 rings (SSSR count). The van der Waals surface area contributed by atoms with Crippen molar-refractivity contribution in [2.45, 2.75) is 19.9 Å². The van der Waals surface area contributed by atoms with Crippen LogP contribution < -0.4 is 5.32 Å². The Bertz CT molecular complexity index is 671. The molecule has 0 aliphatic rings. The van der Waals surface area contributed by atoms with E-state index in [1.54, 1.807) is 12.6 Å². The molecule has 2 aromatic heterocycles. The Kier molecular flexibility index (Phi) is 3.29. The van der Waals surface area contributed by atoms with Crippen molar-refractivity contribution in [2.75, 3.05) is 6.54 Å². The Morgan fingerprint density at radius 2 is 2.21 bits per heavy atom. The predicted molar refractivity (Wildman–Crippen MR) is 73.1 cm³/mol. The van der Waals surface area contributed by atoms with Crippen molar-refractivity contribution in [2.24, 2.45) is 0 Å². The van der Waals surface area contributed by atoms with Gasteiger partial charge in [0.15, 0.2) is 0 Å². The SMILES string of the molecule is CCCNCc1coc(-n2cnc3ccccc32)n1. The number of nitrogens with one attached hydrogen (secondary N) is 1. The second-order valence-electron chi connectivity index (χ2n) is 4.40. The van der Waals surface area contributed by atoms with Crippen molar-refractivity contribution in [1.82, 2.24) is 19.9 Å². The maximum Gasteiger partial charge on any atom is 0.307 e. The van der Waals surface area contributed by atoms with Crippen molar-refractivity contribution in [3.8, 4) is 6.01 Å². The number of nitrogens with zero attached hydrogens (tertiary/aromatic N) is 3. The summed E-state index contributed by atoms with van der Waals surface area (Å²) < 4.78 is 7.38. The number of benzene rings is 1. The Balaban J connectivity index is 1.86. The number of para-hydroxylation sites is 2. The van der Waals surface area contributed by atoms with Gasteiger partial charge in [-0.15, -0.1) is 0 Å². The van der Waals surface area contributed by atoms with Crippen LogP contribution in [0.1, 0.15) is 19.0 Å². The second kappa shape index (κ2) is 5.24. The minimum absolute atomic E-state index is 0.557. The number of aromatic nitrogens is 3. The lowest BCUT2D eigenvalue weighted by atomic mass is 10.3. The van der Waals surface area contributed by atoms with E-state index >= 15 is 0 Å². The third-order valence-corrected chi connectivity index (χ3v) is 2.93. The van der Waals surface area contributed by atoms with Gasteiger partial charge in [0.25, 0.3) is 0 Å². The first kappa shape index (κ1) is 11.9. The molecule has 0 atom stereocenters. The van der Waals surface area contributed by atoms with E-state index in [9.17, 15) is 0 Å². The summed E-state index contributed by atoms with van der Waals surface area (Å²) in [6.45, 7) is 3.85. The minimum Gasteiger partial charge on any atom is -0.431 e. The number of hydrogen-bond donors (Lipinski definition) is 1. The molecule has 1 N–H and O–H groups in total. The van der Waals surface area contributed by atoms with Crippen LogP contribution in [0.2, 0.25) is 0 Å². The van der Waals surface area contributed by atoms with Gasteiger partial charge < -0.3 is 9.73 Å². The molecule has 0 aliphatic carbocycles. The van der Waals surface area contributed by atoms with E-state index in [0.29, 0.717) is 6.01 Å². The molecule has 2 heterocycles. The lowest BCUT2D eigenvalue weighted by Gasteiger charge is -1.98. The quantitative estimate of drug-likeness (QED) is 0.713. The summed E-state index contributed by atoms with van der Waals surface area (Å²) in [6, 6.07) is 8.48. The highest BCUT2D eigenvalue weighted by Crippen LogP contribution is 2.17. The molecule has 3 aromatic rings. The van der Waals surface area contributed by atoms with Crippen LogP contribution in [0.3, 0.4) is 0 Å². The molecule has 0 saturated heterocycles. The third-order valence-electron chi connectivity index (χ3n) is 2.93. The Morgan fingerprint density at radius 3 is 3.11 bits per heavy atom. The molecule has 0 amide bonds. The Morgan fingerprint density at radius 1 is 1.32 bits per heavy atom. The van der Waals surface area contributed by atoms with Crippen LogP contribution in [-0.2, 0) is 6.54 Å². The summed E-state index contributed by atoms with van der Waals surface area (Å²) in [5.41, 5.74) is 2.84. The van der Waals surface area contributed by atoms with Crippen LogP contribution in [0.4, 0.5) is 0 Å². The Hall–Kier alpha value is -2.14. The maximum atomic E-state index is 5.52. The molecule has 19 heavy (non-hydrogen) atoms. The molecule has 1 aromatic carbocycles. The van der Waals surface area contributed by atoms with Gasteiger partial charge in [-0.25, -0.2) is 4.98 Å². The van der Waals surface area contributed by atoms with E-state index in [1.807, 2.05) is 28.8 Å². The minimum atomic E-state index is 0.557. The number of hydrogen-bond acceptors (Lipinski definition) is 4. The average molecular weight is 256 g/mol. The zero-order valence-electron chi connectivity index (χ0n) is 10.8. The smallest absolute Gasteiger partial charge is 0.307 e. The molecule has 0 unspecified atom stereocenters. The molecule has 5 nitrogen and oxygen atoms in total. The summed E-state index contributed by atoms with van der Waals surface area (Å²) >= 11 is 0. The lowest BCUT2D eigenvalue weighted by Crippen LogP contribution is -2.14. The normalized spacial score (nSPS) is 11.2. The lowest BCUT2D eigenvalue weighted by molar-refractivity contribution is 0.529. The molecule has 0 saturated carbocycles. The van der Waals surface area contributed by atoms with E-state index in [-0.39, 0.29) is 0 Å².